The van der Waals surface area contributed by atoms with Crippen molar-refractivity contribution in [3.05, 3.63) is 87.5 Å². The molecule has 0 radical (unpaired) electrons. The summed E-state index contributed by atoms with van der Waals surface area (Å²) in [6.45, 7) is 2.07. The molecule has 23 heavy (non-hydrogen) atoms. The topological polar surface area (TPSA) is 0 Å². The van der Waals surface area contributed by atoms with Gasteiger partial charge in [-0.05, 0) is 96.2 Å². The second kappa shape index (κ2) is 7.01. The standard InChI is InChI=1S/C19H14F2IS/c1-13-12-16(22)6-11-19(13)23(17-7-2-14(20)3-8-17)18-9-4-15(21)5-10-18/h2-12H,1H3/q+1. The molecule has 0 nitrogen and oxygen atoms in total. The SMILES string of the molecule is Cc1cc(I)ccc1[S+](c1ccc(F)cc1)c1ccc(F)cc1. The van der Waals surface area contributed by atoms with Crippen LogP contribution in [0.25, 0.3) is 0 Å². The predicted octanol–water partition coefficient (Wildman–Crippen LogP) is 5.97. The second-order valence-corrected chi connectivity index (χ2v) is 8.36. The van der Waals surface area contributed by atoms with Gasteiger partial charge >= 0.3 is 0 Å². The molecule has 0 aliphatic heterocycles. The lowest BCUT2D eigenvalue weighted by molar-refractivity contribution is 0.626. The minimum atomic E-state index is -0.388. The summed E-state index contributed by atoms with van der Waals surface area (Å²) < 4.78 is 27.8. The van der Waals surface area contributed by atoms with Crippen LogP contribution in [0.15, 0.2) is 81.4 Å². The summed E-state index contributed by atoms with van der Waals surface area (Å²) in [6, 6.07) is 19.4. The minimum Gasteiger partial charge on any atom is -0.207 e. The van der Waals surface area contributed by atoms with Crippen molar-refractivity contribution in [3.8, 4) is 0 Å². The Bertz CT molecular complexity index is 768. The van der Waals surface area contributed by atoms with E-state index in [0.717, 1.165) is 9.79 Å². The van der Waals surface area contributed by atoms with Crippen LogP contribution in [0.4, 0.5) is 8.78 Å². The Morgan fingerprint density at radius 2 is 1.22 bits per heavy atom. The van der Waals surface area contributed by atoms with Gasteiger partial charge in [0.05, 0.1) is 10.9 Å². The van der Waals surface area contributed by atoms with Gasteiger partial charge in [-0.2, -0.15) is 0 Å². The highest BCUT2D eigenvalue weighted by Gasteiger charge is 2.30. The first kappa shape index (κ1) is 16.5. The van der Waals surface area contributed by atoms with E-state index in [1.807, 2.05) is 0 Å². The molecule has 0 atom stereocenters. The van der Waals surface area contributed by atoms with Crippen LogP contribution in [0.1, 0.15) is 5.56 Å². The Morgan fingerprint density at radius 3 is 1.65 bits per heavy atom. The van der Waals surface area contributed by atoms with E-state index in [4.69, 9.17) is 0 Å². The van der Waals surface area contributed by atoms with Crippen molar-refractivity contribution in [2.45, 2.75) is 21.6 Å². The van der Waals surface area contributed by atoms with Crippen LogP contribution >= 0.6 is 22.6 Å². The van der Waals surface area contributed by atoms with Crippen molar-refractivity contribution < 1.29 is 8.78 Å². The lowest BCUT2D eigenvalue weighted by Crippen LogP contribution is -2.07. The van der Waals surface area contributed by atoms with Crippen molar-refractivity contribution in [3.63, 3.8) is 0 Å². The second-order valence-electron chi connectivity index (χ2n) is 5.12. The van der Waals surface area contributed by atoms with Gasteiger partial charge in [-0.15, -0.1) is 0 Å². The molecule has 0 spiro atoms. The van der Waals surface area contributed by atoms with Gasteiger partial charge in [-0.25, -0.2) is 8.78 Å². The summed E-state index contributed by atoms with van der Waals surface area (Å²) in [7, 11) is -0.388. The fraction of sp³-hybridized carbons (Fsp3) is 0.0526. The van der Waals surface area contributed by atoms with Crippen LogP contribution in [0.3, 0.4) is 0 Å². The predicted molar refractivity (Wildman–Crippen MR) is 98.9 cm³/mol. The van der Waals surface area contributed by atoms with Gasteiger partial charge < -0.3 is 0 Å². The summed E-state index contributed by atoms with van der Waals surface area (Å²) in [5.41, 5.74) is 1.17. The average Bonchev–Trinajstić information content (AvgIpc) is 2.53. The van der Waals surface area contributed by atoms with Crippen LogP contribution in [0.5, 0.6) is 0 Å². The zero-order chi connectivity index (χ0) is 16.4. The molecule has 0 aliphatic carbocycles. The molecular formula is C19H14F2IS+. The third-order valence-electron chi connectivity index (χ3n) is 3.46. The molecule has 0 amide bonds. The van der Waals surface area contributed by atoms with Crippen molar-refractivity contribution in [1.82, 2.24) is 0 Å². The van der Waals surface area contributed by atoms with Crippen molar-refractivity contribution >= 4 is 33.5 Å². The number of aryl methyl sites for hydroxylation is 1. The Kier molecular flexibility index (Phi) is 5.02. The molecule has 3 rings (SSSR count). The summed E-state index contributed by atoms with van der Waals surface area (Å²) in [5.74, 6) is -0.508. The van der Waals surface area contributed by atoms with Crippen molar-refractivity contribution in [2.75, 3.05) is 0 Å². The Hall–Kier alpha value is -1.40. The Balaban J connectivity index is 2.16. The van der Waals surface area contributed by atoms with Gasteiger partial charge in [0, 0.05) is 9.13 Å². The number of benzene rings is 3. The molecule has 3 aromatic carbocycles. The fourth-order valence-corrected chi connectivity index (χ4v) is 5.20. The molecule has 0 heterocycles. The number of rotatable bonds is 3. The van der Waals surface area contributed by atoms with Gasteiger partial charge in [-0.1, -0.05) is 0 Å². The molecule has 0 bridgehead atoms. The molecule has 0 N–H and O–H groups in total. The van der Waals surface area contributed by atoms with Gasteiger partial charge in [-0.3, -0.25) is 0 Å². The molecule has 0 saturated heterocycles. The van der Waals surface area contributed by atoms with E-state index in [0.29, 0.717) is 0 Å². The van der Waals surface area contributed by atoms with Crippen LogP contribution in [-0.4, -0.2) is 0 Å². The van der Waals surface area contributed by atoms with Gasteiger partial charge in [0.1, 0.15) is 11.6 Å². The molecule has 3 aromatic rings. The zero-order valence-electron chi connectivity index (χ0n) is 12.4. The van der Waals surface area contributed by atoms with Crippen LogP contribution in [-0.2, 0) is 10.9 Å². The highest BCUT2D eigenvalue weighted by atomic mass is 127. The van der Waals surface area contributed by atoms with Crippen molar-refractivity contribution in [2.24, 2.45) is 0 Å². The summed E-state index contributed by atoms with van der Waals surface area (Å²) in [5, 5.41) is 0. The van der Waals surface area contributed by atoms with E-state index in [-0.39, 0.29) is 22.5 Å². The maximum Gasteiger partial charge on any atom is 0.169 e. The lowest BCUT2D eigenvalue weighted by Gasteiger charge is -2.10. The maximum absolute atomic E-state index is 13.3. The molecule has 0 aliphatic rings. The van der Waals surface area contributed by atoms with E-state index in [9.17, 15) is 8.78 Å². The molecule has 0 aromatic heterocycles. The molecule has 0 saturated carbocycles. The quantitative estimate of drug-likeness (QED) is 0.348. The number of halogens is 3. The Labute approximate surface area is 151 Å². The lowest BCUT2D eigenvalue weighted by atomic mass is 10.2. The van der Waals surface area contributed by atoms with E-state index in [1.165, 1.54) is 38.3 Å². The smallest absolute Gasteiger partial charge is 0.169 e. The summed E-state index contributed by atoms with van der Waals surface area (Å²) in [6.07, 6.45) is 0. The summed E-state index contributed by atoms with van der Waals surface area (Å²) >= 11 is 2.29. The van der Waals surface area contributed by atoms with Crippen molar-refractivity contribution in [1.29, 1.82) is 0 Å². The first-order valence-electron chi connectivity index (χ1n) is 7.06. The normalized spacial score (nSPS) is 11.0. The van der Waals surface area contributed by atoms with Gasteiger partial charge in [0.15, 0.2) is 14.7 Å². The third-order valence-corrected chi connectivity index (χ3v) is 6.51. The minimum absolute atomic E-state index is 0.254. The number of hydrogen-bond acceptors (Lipinski definition) is 0. The highest BCUT2D eigenvalue weighted by Crippen LogP contribution is 2.33. The van der Waals surface area contributed by atoms with Crippen LogP contribution in [0, 0.1) is 22.1 Å². The van der Waals surface area contributed by atoms with Gasteiger partial charge in [0.25, 0.3) is 0 Å². The third kappa shape index (κ3) is 3.75. The first-order valence-corrected chi connectivity index (χ1v) is 9.36. The molecule has 116 valence electrons. The largest absolute Gasteiger partial charge is 0.207 e. The first-order chi connectivity index (χ1) is 11.0. The molecule has 0 unspecified atom stereocenters. The monoisotopic (exact) mass is 439 g/mol. The number of hydrogen-bond donors (Lipinski definition) is 0. The molecular weight excluding hydrogens is 425 g/mol. The van der Waals surface area contributed by atoms with Crippen LogP contribution in [0.2, 0.25) is 0 Å². The van der Waals surface area contributed by atoms with E-state index >= 15 is 0 Å². The summed E-state index contributed by atoms with van der Waals surface area (Å²) in [4.78, 5) is 3.20. The van der Waals surface area contributed by atoms with E-state index in [1.54, 1.807) is 24.3 Å². The van der Waals surface area contributed by atoms with E-state index in [2.05, 4.69) is 47.7 Å². The Morgan fingerprint density at radius 1 is 0.739 bits per heavy atom. The van der Waals surface area contributed by atoms with Gasteiger partial charge in [0.2, 0.25) is 0 Å². The van der Waals surface area contributed by atoms with Crippen LogP contribution < -0.4 is 0 Å². The maximum atomic E-state index is 13.3. The average molecular weight is 439 g/mol. The molecule has 0 fully saturated rings. The fourth-order valence-electron chi connectivity index (χ4n) is 2.37. The molecule has 4 heteroatoms. The zero-order valence-corrected chi connectivity index (χ0v) is 15.4. The van der Waals surface area contributed by atoms with E-state index < -0.39 is 0 Å². The highest BCUT2D eigenvalue weighted by molar-refractivity contribution is 14.1.